The number of aromatic nitrogens is 2. The summed E-state index contributed by atoms with van der Waals surface area (Å²) in [6.07, 6.45) is 10.3. The van der Waals surface area contributed by atoms with E-state index in [0.717, 1.165) is 32.2 Å². The van der Waals surface area contributed by atoms with Crippen molar-refractivity contribution in [3.8, 4) is 0 Å². The van der Waals surface area contributed by atoms with Gasteiger partial charge in [0, 0.05) is 26.3 Å². The van der Waals surface area contributed by atoms with Gasteiger partial charge in [0.05, 0.1) is 18.7 Å². The van der Waals surface area contributed by atoms with E-state index in [-0.39, 0.29) is 18.2 Å². The number of nitrogens with zero attached hydrogens (tertiary/aromatic N) is 3. The summed E-state index contributed by atoms with van der Waals surface area (Å²) in [6, 6.07) is 2.29. The van der Waals surface area contributed by atoms with Crippen LogP contribution in [0.5, 0.6) is 0 Å². The molecule has 1 fully saturated rings. The first-order valence-corrected chi connectivity index (χ1v) is 12.2. The molecule has 1 aromatic rings. The lowest BCUT2D eigenvalue weighted by Crippen LogP contribution is -2.56. The topological polar surface area (TPSA) is 109 Å². The summed E-state index contributed by atoms with van der Waals surface area (Å²) in [5.41, 5.74) is -0.0505. The molecule has 0 spiro atoms. The Balaban J connectivity index is 0.000000273. The number of hydrogen-bond donors (Lipinski definition) is 3. The van der Waals surface area contributed by atoms with Gasteiger partial charge < -0.3 is 25.4 Å². The smallest absolute Gasteiger partial charge is 0.272 e. The molecule has 0 saturated heterocycles. The molecule has 3 N–H and O–H groups in total. The van der Waals surface area contributed by atoms with Crippen molar-refractivity contribution in [2.45, 2.75) is 76.9 Å². The number of carbonyl (C=O) groups is 2. The SMILES string of the molecule is CCOCCCNC.CN1C(=O)c2cc(C=O)nn2CC1(C)CO.CNC1CCCCCC1. The lowest BCUT2D eigenvalue weighted by Gasteiger charge is -2.41. The summed E-state index contributed by atoms with van der Waals surface area (Å²) in [4.78, 5) is 24.0. The van der Waals surface area contributed by atoms with E-state index >= 15 is 0 Å². The zero-order valence-corrected chi connectivity index (χ0v) is 21.2. The Morgan fingerprint density at radius 1 is 1.27 bits per heavy atom. The molecule has 9 nitrogen and oxygen atoms in total. The van der Waals surface area contributed by atoms with Gasteiger partial charge in [-0.05, 0) is 59.8 Å². The largest absolute Gasteiger partial charge is 0.394 e. The van der Waals surface area contributed by atoms with Crippen molar-refractivity contribution in [2.24, 2.45) is 0 Å². The summed E-state index contributed by atoms with van der Waals surface area (Å²) < 4.78 is 6.57. The van der Waals surface area contributed by atoms with Gasteiger partial charge in [-0.2, -0.15) is 5.10 Å². The van der Waals surface area contributed by atoms with E-state index in [1.54, 1.807) is 14.0 Å². The monoisotopic (exact) mass is 467 g/mol. The van der Waals surface area contributed by atoms with Crippen LogP contribution < -0.4 is 10.6 Å². The van der Waals surface area contributed by atoms with Gasteiger partial charge in [0.1, 0.15) is 11.4 Å². The molecule has 190 valence electrons. The number of carbonyl (C=O) groups excluding carboxylic acids is 2. The normalized spacial score (nSPS) is 20.7. The number of nitrogens with one attached hydrogen (secondary N) is 2. The van der Waals surface area contributed by atoms with Crippen LogP contribution in [0, 0.1) is 0 Å². The number of hydrogen-bond acceptors (Lipinski definition) is 7. The molecule has 33 heavy (non-hydrogen) atoms. The summed E-state index contributed by atoms with van der Waals surface area (Å²) >= 11 is 0. The van der Waals surface area contributed by atoms with E-state index in [1.807, 2.05) is 14.0 Å². The Morgan fingerprint density at radius 3 is 2.45 bits per heavy atom. The Bertz CT molecular complexity index is 682. The molecule has 1 unspecified atom stereocenters. The van der Waals surface area contributed by atoms with Crippen LogP contribution in [0.4, 0.5) is 0 Å². The second-order valence-electron chi connectivity index (χ2n) is 8.88. The third-order valence-electron chi connectivity index (χ3n) is 6.27. The number of ether oxygens (including phenoxy) is 1. The lowest BCUT2D eigenvalue weighted by atomic mass is 9.99. The molecule has 1 atom stereocenters. The summed E-state index contributed by atoms with van der Waals surface area (Å²) in [5, 5.41) is 19.7. The Hall–Kier alpha value is -1.81. The van der Waals surface area contributed by atoms with Crippen LogP contribution in [0.15, 0.2) is 6.07 Å². The molecule has 0 radical (unpaired) electrons. The molecular formula is C24H45N5O4. The van der Waals surface area contributed by atoms with Crippen molar-refractivity contribution in [3.63, 3.8) is 0 Å². The highest BCUT2D eigenvalue weighted by Crippen LogP contribution is 2.24. The standard InChI is InChI=1S/C10H13N3O3.C8H17N.C6H15NO/c1-10(6-15)5-13-8(9(16)12(10)2)3-7(4-14)11-13;1-9-8-6-4-2-3-5-7-8;1-3-8-6-4-5-7-2/h3-4,15H,5-6H2,1-2H3;8-9H,2-7H2,1H3;7H,3-6H2,1-2H3. The highest BCUT2D eigenvalue weighted by atomic mass is 16.5. The van der Waals surface area contributed by atoms with E-state index in [0.29, 0.717) is 18.5 Å². The van der Waals surface area contributed by atoms with E-state index in [2.05, 4.69) is 22.8 Å². The molecule has 2 aliphatic rings. The molecule has 1 saturated carbocycles. The Labute approximate surface area is 199 Å². The minimum atomic E-state index is -0.670. The molecule has 1 aliphatic carbocycles. The van der Waals surface area contributed by atoms with Crippen molar-refractivity contribution in [1.29, 1.82) is 0 Å². The van der Waals surface area contributed by atoms with Crippen LogP contribution in [0.1, 0.15) is 79.8 Å². The predicted molar refractivity (Wildman–Crippen MR) is 131 cm³/mol. The van der Waals surface area contributed by atoms with Crippen LogP contribution in [0.3, 0.4) is 0 Å². The minimum Gasteiger partial charge on any atom is -0.394 e. The van der Waals surface area contributed by atoms with Crippen molar-refractivity contribution in [3.05, 3.63) is 17.5 Å². The van der Waals surface area contributed by atoms with Crippen molar-refractivity contribution < 1.29 is 19.4 Å². The van der Waals surface area contributed by atoms with E-state index in [4.69, 9.17) is 4.74 Å². The number of aliphatic hydroxyl groups excluding tert-OH is 1. The van der Waals surface area contributed by atoms with Gasteiger partial charge >= 0.3 is 0 Å². The predicted octanol–water partition coefficient (Wildman–Crippen LogP) is 2.09. The van der Waals surface area contributed by atoms with Gasteiger partial charge in [-0.3, -0.25) is 14.3 Å². The van der Waals surface area contributed by atoms with E-state index in [9.17, 15) is 14.7 Å². The van der Waals surface area contributed by atoms with Crippen molar-refractivity contribution >= 4 is 12.2 Å². The van der Waals surface area contributed by atoms with Gasteiger partial charge in [0.15, 0.2) is 6.29 Å². The van der Waals surface area contributed by atoms with Gasteiger partial charge in [0.2, 0.25) is 0 Å². The van der Waals surface area contributed by atoms with Crippen LogP contribution in [0.25, 0.3) is 0 Å². The fourth-order valence-electron chi connectivity index (χ4n) is 3.85. The number of aliphatic hydroxyl groups is 1. The molecule has 2 heterocycles. The first kappa shape index (κ1) is 29.2. The van der Waals surface area contributed by atoms with Crippen molar-refractivity contribution in [2.75, 3.05) is 47.5 Å². The van der Waals surface area contributed by atoms with Gasteiger partial charge in [-0.1, -0.05) is 25.7 Å². The summed E-state index contributed by atoms with van der Waals surface area (Å²) in [7, 11) is 5.66. The lowest BCUT2D eigenvalue weighted by molar-refractivity contribution is 0.0220. The molecule has 0 aromatic carbocycles. The molecule has 0 bridgehead atoms. The highest BCUT2D eigenvalue weighted by Gasteiger charge is 2.39. The highest BCUT2D eigenvalue weighted by molar-refractivity contribution is 5.95. The summed E-state index contributed by atoms with van der Waals surface area (Å²) in [6.45, 7) is 6.80. The maximum Gasteiger partial charge on any atom is 0.272 e. The molecule has 9 heteroatoms. The third-order valence-corrected chi connectivity index (χ3v) is 6.27. The maximum atomic E-state index is 12.0. The molecule has 1 aromatic heterocycles. The number of likely N-dealkylation sites (N-methyl/N-ethyl adjacent to an activating group) is 1. The summed E-state index contributed by atoms with van der Waals surface area (Å²) in [5.74, 6) is -0.233. The third kappa shape index (κ3) is 9.52. The minimum absolute atomic E-state index is 0.148. The van der Waals surface area contributed by atoms with Crippen LogP contribution in [0.2, 0.25) is 0 Å². The van der Waals surface area contributed by atoms with E-state index < -0.39 is 5.54 Å². The van der Waals surface area contributed by atoms with E-state index in [1.165, 1.54) is 54.2 Å². The number of amides is 1. The molecule has 3 rings (SSSR count). The van der Waals surface area contributed by atoms with Crippen molar-refractivity contribution in [1.82, 2.24) is 25.3 Å². The first-order chi connectivity index (χ1) is 15.9. The zero-order chi connectivity index (χ0) is 24.7. The fraction of sp³-hybridized carbons (Fsp3) is 0.792. The Morgan fingerprint density at radius 2 is 1.94 bits per heavy atom. The number of fused-ring (bicyclic) bond motifs is 1. The van der Waals surface area contributed by atoms with Crippen LogP contribution in [-0.2, 0) is 11.3 Å². The first-order valence-electron chi connectivity index (χ1n) is 12.2. The molecule has 1 aliphatic heterocycles. The fourth-order valence-corrected chi connectivity index (χ4v) is 3.85. The number of aldehydes is 1. The zero-order valence-electron chi connectivity index (χ0n) is 21.2. The average molecular weight is 468 g/mol. The molecule has 1 amide bonds. The van der Waals surface area contributed by atoms with Gasteiger partial charge in [-0.15, -0.1) is 0 Å². The van der Waals surface area contributed by atoms with Gasteiger partial charge in [0.25, 0.3) is 5.91 Å². The number of rotatable bonds is 8. The second-order valence-corrected chi connectivity index (χ2v) is 8.88. The quantitative estimate of drug-likeness (QED) is 0.305. The van der Waals surface area contributed by atoms with Crippen LogP contribution in [-0.4, -0.2) is 91.1 Å². The maximum absolute atomic E-state index is 12.0. The second kappa shape index (κ2) is 15.9. The average Bonchev–Trinajstić information content (AvgIpc) is 3.05. The Kier molecular flexibility index (Phi) is 14.1. The molecular weight excluding hydrogens is 422 g/mol. The van der Waals surface area contributed by atoms with Gasteiger partial charge in [-0.25, -0.2) is 0 Å². The van der Waals surface area contributed by atoms with Crippen LogP contribution >= 0.6 is 0 Å².